The molecule has 2 aliphatic heterocycles. The highest BCUT2D eigenvalue weighted by atomic mass is 35.5. The van der Waals surface area contributed by atoms with Gasteiger partial charge in [-0.15, -0.1) is 0 Å². The molecule has 2 atom stereocenters. The summed E-state index contributed by atoms with van der Waals surface area (Å²) in [6.45, 7) is 6.92. The van der Waals surface area contributed by atoms with Gasteiger partial charge in [-0.3, -0.25) is 9.69 Å². The first-order valence-corrected chi connectivity index (χ1v) is 12.6. The lowest BCUT2D eigenvalue weighted by Gasteiger charge is -2.35. The summed E-state index contributed by atoms with van der Waals surface area (Å²) in [7, 11) is 0. The Morgan fingerprint density at radius 2 is 1.74 bits per heavy atom. The van der Waals surface area contributed by atoms with E-state index in [4.69, 9.17) is 21.1 Å². The Morgan fingerprint density at radius 3 is 2.44 bits per heavy atom. The molecule has 2 aliphatic rings. The number of halogens is 1. The van der Waals surface area contributed by atoms with Gasteiger partial charge in [0.2, 0.25) is 5.91 Å². The highest BCUT2D eigenvalue weighted by Gasteiger charge is 2.32. The van der Waals surface area contributed by atoms with E-state index in [1.807, 2.05) is 44.2 Å². The van der Waals surface area contributed by atoms with E-state index in [-0.39, 0.29) is 24.2 Å². The smallest absolute Gasteiger partial charge is 0.224 e. The van der Waals surface area contributed by atoms with Gasteiger partial charge in [0.1, 0.15) is 0 Å². The molecule has 2 aromatic carbocycles. The maximum absolute atomic E-state index is 12.7. The SMILES string of the molecule is CCOc1ccc(CC(=O)NC2CCN(C3CC(c4ccc(Cl)cc4)NN3)CC2)cc1OCC. The van der Waals surface area contributed by atoms with Crippen LogP contribution in [0.25, 0.3) is 0 Å². The third-order valence-corrected chi connectivity index (χ3v) is 6.72. The number of nitrogens with zero attached hydrogens (tertiary/aromatic N) is 1. The van der Waals surface area contributed by atoms with Crippen molar-refractivity contribution in [3.8, 4) is 11.5 Å². The average molecular weight is 487 g/mol. The summed E-state index contributed by atoms with van der Waals surface area (Å²) in [5.41, 5.74) is 9.02. The number of hydrazine groups is 1. The molecule has 7 nitrogen and oxygen atoms in total. The molecule has 0 radical (unpaired) electrons. The molecule has 34 heavy (non-hydrogen) atoms. The van der Waals surface area contributed by atoms with Gasteiger partial charge in [-0.25, -0.2) is 10.9 Å². The van der Waals surface area contributed by atoms with Crippen LogP contribution in [0.1, 0.15) is 50.3 Å². The van der Waals surface area contributed by atoms with E-state index in [2.05, 4.69) is 33.2 Å². The summed E-state index contributed by atoms with van der Waals surface area (Å²) in [6, 6.07) is 14.2. The molecule has 0 spiro atoms. The van der Waals surface area contributed by atoms with E-state index in [9.17, 15) is 4.79 Å². The Kier molecular flexibility index (Phi) is 8.67. The maximum atomic E-state index is 12.7. The fourth-order valence-electron chi connectivity index (χ4n) is 4.72. The van der Waals surface area contributed by atoms with Crippen LogP contribution in [-0.4, -0.2) is 49.3 Å². The van der Waals surface area contributed by atoms with Gasteiger partial charge in [0.25, 0.3) is 0 Å². The van der Waals surface area contributed by atoms with Crippen molar-refractivity contribution in [2.75, 3.05) is 26.3 Å². The topological polar surface area (TPSA) is 74.9 Å². The normalized spacial score (nSPS) is 21.4. The molecule has 0 aromatic heterocycles. The molecule has 1 amide bonds. The van der Waals surface area contributed by atoms with Crippen molar-refractivity contribution in [1.82, 2.24) is 21.1 Å². The van der Waals surface area contributed by atoms with Crippen molar-refractivity contribution in [1.29, 1.82) is 0 Å². The molecule has 4 rings (SSSR count). The number of amides is 1. The second-order valence-corrected chi connectivity index (χ2v) is 9.28. The molecule has 2 aromatic rings. The van der Waals surface area contributed by atoms with Crippen molar-refractivity contribution >= 4 is 17.5 Å². The minimum Gasteiger partial charge on any atom is -0.490 e. The molecule has 8 heteroatoms. The number of hydrogen-bond acceptors (Lipinski definition) is 6. The number of likely N-dealkylation sites (tertiary alicyclic amines) is 1. The van der Waals surface area contributed by atoms with E-state index < -0.39 is 0 Å². The third kappa shape index (κ3) is 6.42. The lowest BCUT2D eigenvalue weighted by molar-refractivity contribution is -0.121. The van der Waals surface area contributed by atoms with E-state index in [0.717, 1.165) is 42.9 Å². The number of benzene rings is 2. The molecule has 3 N–H and O–H groups in total. The monoisotopic (exact) mass is 486 g/mol. The fraction of sp³-hybridized carbons (Fsp3) is 0.500. The van der Waals surface area contributed by atoms with Gasteiger partial charge in [-0.2, -0.15) is 0 Å². The molecule has 0 bridgehead atoms. The van der Waals surface area contributed by atoms with Crippen LogP contribution in [0.5, 0.6) is 11.5 Å². The molecule has 184 valence electrons. The standard InChI is InChI=1S/C26H35ClN4O3/c1-3-33-23-10-5-18(15-24(23)34-4-2)16-26(32)28-21-11-13-31(14-12-21)25-17-22(29-30-25)19-6-8-20(27)9-7-19/h5-10,15,21-22,25,29-30H,3-4,11-14,16-17H2,1-2H3,(H,28,32). The van der Waals surface area contributed by atoms with Gasteiger partial charge in [-0.1, -0.05) is 29.8 Å². The first-order valence-electron chi connectivity index (χ1n) is 12.2. The zero-order valence-corrected chi connectivity index (χ0v) is 20.7. The highest BCUT2D eigenvalue weighted by molar-refractivity contribution is 6.30. The average Bonchev–Trinajstić information content (AvgIpc) is 3.32. The molecular weight excluding hydrogens is 452 g/mol. The quantitative estimate of drug-likeness (QED) is 0.500. The number of carbonyl (C=O) groups excluding carboxylic acids is 1. The summed E-state index contributed by atoms with van der Waals surface area (Å²) < 4.78 is 11.3. The Labute approximate surface area is 207 Å². The molecule has 0 saturated carbocycles. The van der Waals surface area contributed by atoms with Gasteiger partial charge in [0.15, 0.2) is 11.5 Å². The summed E-state index contributed by atoms with van der Waals surface area (Å²) >= 11 is 6.02. The van der Waals surface area contributed by atoms with E-state index in [1.165, 1.54) is 5.56 Å². The van der Waals surface area contributed by atoms with E-state index >= 15 is 0 Å². The van der Waals surface area contributed by atoms with Crippen molar-refractivity contribution in [2.24, 2.45) is 0 Å². The summed E-state index contributed by atoms with van der Waals surface area (Å²) in [6.07, 6.45) is 3.52. The van der Waals surface area contributed by atoms with Crippen LogP contribution in [-0.2, 0) is 11.2 Å². The Hall–Kier alpha value is -2.32. The minimum absolute atomic E-state index is 0.0496. The number of hydrogen-bond donors (Lipinski definition) is 3. The zero-order valence-electron chi connectivity index (χ0n) is 20.0. The Balaban J connectivity index is 1.23. The Morgan fingerprint density at radius 1 is 1.03 bits per heavy atom. The molecule has 0 aliphatic carbocycles. The van der Waals surface area contributed by atoms with Gasteiger partial charge >= 0.3 is 0 Å². The third-order valence-electron chi connectivity index (χ3n) is 6.46. The lowest BCUT2D eigenvalue weighted by Crippen LogP contribution is -2.51. The van der Waals surface area contributed by atoms with E-state index in [1.54, 1.807) is 0 Å². The molecule has 2 saturated heterocycles. The first kappa shape index (κ1) is 24.8. The molecular formula is C26H35ClN4O3. The van der Waals surface area contributed by atoms with Crippen molar-refractivity contribution < 1.29 is 14.3 Å². The van der Waals surface area contributed by atoms with Gasteiger partial charge in [0, 0.05) is 30.2 Å². The van der Waals surface area contributed by atoms with Crippen LogP contribution >= 0.6 is 11.6 Å². The predicted octanol–water partition coefficient (Wildman–Crippen LogP) is 3.83. The zero-order chi connectivity index (χ0) is 23.9. The summed E-state index contributed by atoms with van der Waals surface area (Å²) in [5, 5.41) is 3.98. The number of rotatable bonds is 9. The molecule has 2 unspecified atom stereocenters. The number of carbonyl (C=O) groups is 1. The first-order chi connectivity index (χ1) is 16.6. The number of nitrogens with one attached hydrogen (secondary N) is 3. The van der Waals surface area contributed by atoms with Gasteiger partial charge < -0.3 is 14.8 Å². The Bertz CT molecular complexity index is 948. The van der Waals surface area contributed by atoms with Gasteiger partial charge in [-0.05, 0) is 68.5 Å². The largest absolute Gasteiger partial charge is 0.490 e. The maximum Gasteiger partial charge on any atom is 0.224 e. The number of ether oxygens (including phenoxy) is 2. The second-order valence-electron chi connectivity index (χ2n) is 8.85. The van der Waals surface area contributed by atoms with Crippen LogP contribution < -0.4 is 25.6 Å². The molecule has 2 fully saturated rings. The van der Waals surface area contributed by atoms with Crippen LogP contribution in [0.15, 0.2) is 42.5 Å². The molecule has 2 heterocycles. The van der Waals surface area contributed by atoms with Crippen LogP contribution in [0, 0.1) is 0 Å². The van der Waals surface area contributed by atoms with Crippen molar-refractivity contribution in [2.45, 2.75) is 57.8 Å². The van der Waals surface area contributed by atoms with Crippen LogP contribution in [0.4, 0.5) is 0 Å². The fourth-order valence-corrected chi connectivity index (χ4v) is 4.84. The van der Waals surface area contributed by atoms with E-state index in [0.29, 0.717) is 31.1 Å². The second kappa shape index (κ2) is 11.9. The van der Waals surface area contributed by atoms with Crippen LogP contribution in [0.2, 0.25) is 5.02 Å². The van der Waals surface area contributed by atoms with Crippen molar-refractivity contribution in [3.05, 3.63) is 58.6 Å². The summed E-state index contributed by atoms with van der Waals surface area (Å²) in [4.78, 5) is 15.2. The minimum atomic E-state index is 0.0496. The highest BCUT2D eigenvalue weighted by Crippen LogP contribution is 2.29. The van der Waals surface area contributed by atoms with Gasteiger partial charge in [0.05, 0.1) is 25.8 Å². The lowest BCUT2D eigenvalue weighted by atomic mass is 10.0. The summed E-state index contributed by atoms with van der Waals surface area (Å²) in [5.74, 6) is 1.46. The predicted molar refractivity (Wildman–Crippen MR) is 134 cm³/mol. The van der Waals surface area contributed by atoms with Crippen molar-refractivity contribution in [3.63, 3.8) is 0 Å². The van der Waals surface area contributed by atoms with Crippen LogP contribution in [0.3, 0.4) is 0 Å². The number of piperidine rings is 1.